The zero-order chi connectivity index (χ0) is 10.6. The van der Waals surface area contributed by atoms with E-state index in [-0.39, 0.29) is 5.56 Å². The van der Waals surface area contributed by atoms with E-state index in [1.807, 2.05) is 0 Å². The first-order valence-corrected chi connectivity index (χ1v) is 3.89. The average molecular weight is 194 g/mol. The van der Waals surface area contributed by atoms with Crippen molar-refractivity contribution in [1.29, 1.82) is 0 Å². The van der Waals surface area contributed by atoms with Gasteiger partial charge >= 0.3 is 6.09 Å². The van der Waals surface area contributed by atoms with Gasteiger partial charge in [0.15, 0.2) is 0 Å². The van der Waals surface area contributed by atoms with Crippen molar-refractivity contribution in [2.75, 3.05) is 12.4 Å². The quantitative estimate of drug-likeness (QED) is 0.735. The predicted octanol–water partition coefficient (Wildman–Crippen LogP) is 0.964. The molecule has 5 heteroatoms. The fraction of sp³-hybridized carbons (Fsp3) is 0.111. The molecule has 0 bridgehead atoms. The van der Waals surface area contributed by atoms with Gasteiger partial charge < -0.3 is 10.5 Å². The molecule has 3 N–H and O–H groups in total. The van der Waals surface area contributed by atoms with Gasteiger partial charge in [0, 0.05) is 0 Å². The van der Waals surface area contributed by atoms with Crippen LogP contribution in [-0.4, -0.2) is 19.1 Å². The van der Waals surface area contributed by atoms with Gasteiger partial charge in [-0.1, -0.05) is 12.1 Å². The van der Waals surface area contributed by atoms with Gasteiger partial charge in [-0.3, -0.25) is 10.1 Å². The van der Waals surface area contributed by atoms with Crippen molar-refractivity contribution in [3.63, 3.8) is 0 Å². The Kier molecular flexibility index (Phi) is 3.06. The number of ether oxygens (including phenoxy) is 1. The number of nitrogens with two attached hydrogens (primary N) is 1. The minimum atomic E-state index is -0.640. The third kappa shape index (κ3) is 2.22. The van der Waals surface area contributed by atoms with E-state index < -0.39 is 12.0 Å². The van der Waals surface area contributed by atoms with Crippen LogP contribution in [0.15, 0.2) is 24.3 Å². The molecule has 1 aromatic rings. The number of hydrogen-bond donors (Lipinski definition) is 2. The lowest BCUT2D eigenvalue weighted by Crippen LogP contribution is -2.17. The molecule has 0 radical (unpaired) electrons. The Balaban J connectivity index is 2.95. The Morgan fingerprint density at radius 2 is 2.00 bits per heavy atom. The Bertz CT molecular complexity index is 363. The molecule has 0 aliphatic carbocycles. The van der Waals surface area contributed by atoms with Crippen LogP contribution in [-0.2, 0) is 4.74 Å². The molecule has 14 heavy (non-hydrogen) atoms. The third-order valence-corrected chi connectivity index (χ3v) is 1.61. The Morgan fingerprint density at radius 1 is 1.36 bits per heavy atom. The Labute approximate surface area is 80.9 Å². The SMILES string of the molecule is COC(=O)Nc1ccccc1C(N)=O. The number of primary amides is 1. The van der Waals surface area contributed by atoms with Gasteiger partial charge in [0.25, 0.3) is 5.91 Å². The lowest BCUT2D eigenvalue weighted by atomic mass is 10.1. The maximum absolute atomic E-state index is 10.9. The molecule has 0 unspecified atom stereocenters. The van der Waals surface area contributed by atoms with Crippen molar-refractivity contribution in [2.24, 2.45) is 5.73 Å². The second-order valence-corrected chi connectivity index (χ2v) is 2.53. The van der Waals surface area contributed by atoms with Crippen molar-refractivity contribution in [1.82, 2.24) is 0 Å². The summed E-state index contributed by atoms with van der Waals surface area (Å²) in [6, 6.07) is 6.42. The van der Waals surface area contributed by atoms with E-state index in [0.29, 0.717) is 5.69 Å². The number of carbonyl (C=O) groups is 2. The highest BCUT2D eigenvalue weighted by atomic mass is 16.5. The molecular formula is C9H10N2O3. The molecular weight excluding hydrogens is 184 g/mol. The number of anilines is 1. The number of carbonyl (C=O) groups excluding carboxylic acids is 2. The van der Waals surface area contributed by atoms with Gasteiger partial charge in [-0.25, -0.2) is 4.79 Å². The zero-order valence-electron chi connectivity index (χ0n) is 7.61. The fourth-order valence-corrected chi connectivity index (χ4v) is 0.968. The zero-order valence-corrected chi connectivity index (χ0v) is 7.61. The summed E-state index contributed by atoms with van der Waals surface area (Å²) < 4.78 is 4.39. The number of methoxy groups -OCH3 is 1. The molecule has 1 rings (SSSR count). The normalized spacial score (nSPS) is 9.21. The van der Waals surface area contributed by atoms with E-state index >= 15 is 0 Å². The van der Waals surface area contributed by atoms with Gasteiger partial charge in [-0.05, 0) is 12.1 Å². The first-order chi connectivity index (χ1) is 6.65. The lowest BCUT2D eigenvalue weighted by Gasteiger charge is -2.06. The minimum Gasteiger partial charge on any atom is -0.453 e. The lowest BCUT2D eigenvalue weighted by molar-refractivity contribution is 0.100. The van der Waals surface area contributed by atoms with Gasteiger partial charge in [-0.2, -0.15) is 0 Å². The maximum atomic E-state index is 10.9. The van der Waals surface area contributed by atoms with E-state index in [1.165, 1.54) is 13.2 Å². The highest BCUT2D eigenvalue weighted by molar-refractivity contribution is 6.01. The van der Waals surface area contributed by atoms with Crippen molar-refractivity contribution < 1.29 is 14.3 Å². The molecule has 0 atom stereocenters. The van der Waals surface area contributed by atoms with E-state index in [2.05, 4.69) is 10.1 Å². The molecule has 5 nitrogen and oxygen atoms in total. The second-order valence-electron chi connectivity index (χ2n) is 2.53. The van der Waals surface area contributed by atoms with Crippen molar-refractivity contribution in [3.05, 3.63) is 29.8 Å². The number of nitrogens with one attached hydrogen (secondary N) is 1. The van der Waals surface area contributed by atoms with Crippen LogP contribution < -0.4 is 11.1 Å². The fourth-order valence-electron chi connectivity index (χ4n) is 0.968. The van der Waals surface area contributed by atoms with E-state index in [1.54, 1.807) is 18.2 Å². The molecule has 74 valence electrons. The van der Waals surface area contributed by atoms with Gasteiger partial charge in [0.1, 0.15) is 0 Å². The summed E-state index contributed by atoms with van der Waals surface area (Å²) in [6.07, 6.45) is -0.640. The monoisotopic (exact) mass is 194 g/mol. The van der Waals surface area contributed by atoms with Crippen molar-refractivity contribution in [2.45, 2.75) is 0 Å². The Morgan fingerprint density at radius 3 is 2.57 bits per heavy atom. The molecule has 0 saturated carbocycles. The van der Waals surface area contributed by atoms with Crippen molar-refractivity contribution >= 4 is 17.7 Å². The summed E-state index contributed by atoms with van der Waals surface area (Å²) in [6.45, 7) is 0. The van der Waals surface area contributed by atoms with E-state index in [9.17, 15) is 9.59 Å². The minimum absolute atomic E-state index is 0.248. The first kappa shape index (κ1) is 10.0. The van der Waals surface area contributed by atoms with Crippen LogP contribution in [0.4, 0.5) is 10.5 Å². The molecule has 1 aromatic carbocycles. The predicted molar refractivity (Wildman–Crippen MR) is 51.0 cm³/mol. The molecule has 0 heterocycles. The average Bonchev–Trinajstić information content (AvgIpc) is 2.18. The first-order valence-electron chi connectivity index (χ1n) is 3.89. The number of benzene rings is 1. The van der Waals surface area contributed by atoms with Crippen molar-refractivity contribution in [3.8, 4) is 0 Å². The summed E-state index contributed by atoms with van der Waals surface area (Å²) >= 11 is 0. The number of para-hydroxylation sites is 1. The number of amides is 2. The molecule has 2 amide bonds. The van der Waals surface area contributed by atoms with Crippen LogP contribution >= 0.6 is 0 Å². The molecule has 0 aliphatic heterocycles. The second kappa shape index (κ2) is 4.27. The smallest absolute Gasteiger partial charge is 0.411 e. The summed E-state index contributed by atoms with van der Waals surface area (Å²) in [7, 11) is 1.24. The standard InChI is InChI=1S/C9H10N2O3/c1-14-9(13)11-7-5-3-2-4-6(7)8(10)12/h2-5H,1H3,(H2,10,12)(H,11,13). The molecule has 0 fully saturated rings. The van der Waals surface area contributed by atoms with Gasteiger partial charge in [0.2, 0.25) is 0 Å². The number of hydrogen-bond acceptors (Lipinski definition) is 3. The topological polar surface area (TPSA) is 81.4 Å². The Hall–Kier alpha value is -2.04. The molecule has 0 aromatic heterocycles. The van der Waals surface area contributed by atoms with Crippen LogP contribution in [0.1, 0.15) is 10.4 Å². The van der Waals surface area contributed by atoms with Crippen LogP contribution in [0.25, 0.3) is 0 Å². The molecule has 0 spiro atoms. The summed E-state index contributed by atoms with van der Waals surface area (Å²) in [4.78, 5) is 21.8. The molecule has 0 saturated heterocycles. The highest BCUT2D eigenvalue weighted by Crippen LogP contribution is 2.13. The highest BCUT2D eigenvalue weighted by Gasteiger charge is 2.09. The van der Waals surface area contributed by atoms with Crippen LogP contribution in [0.2, 0.25) is 0 Å². The van der Waals surface area contributed by atoms with Gasteiger partial charge in [0.05, 0.1) is 18.4 Å². The molecule has 0 aliphatic rings. The third-order valence-electron chi connectivity index (χ3n) is 1.61. The number of rotatable bonds is 2. The van der Waals surface area contributed by atoms with E-state index in [0.717, 1.165) is 0 Å². The van der Waals surface area contributed by atoms with Crippen LogP contribution in [0, 0.1) is 0 Å². The summed E-state index contributed by atoms with van der Waals surface area (Å²) in [5.74, 6) is -0.600. The van der Waals surface area contributed by atoms with Crippen LogP contribution in [0.3, 0.4) is 0 Å². The summed E-state index contributed by atoms with van der Waals surface area (Å²) in [5.41, 5.74) is 5.69. The van der Waals surface area contributed by atoms with Crippen LogP contribution in [0.5, 0.6) is 0 Å². The van der Waals surface area contributed by atoms with E-state index in [4.69, 9.17) is 5.73 Å². The maximum Gasteiger partial charge on any atom is 0.411 e. The van der Waals surface area contributed by atoms with Gasteiger partial charge in [-0.15, -0.1) is 0 Å². The summed E-state index contributed by atoms with van der Waals surface area (Å²) in [5, 5.41) is 2.38. The largest absolute Gasteiger partial charge is 0.453 e.